The zero-order chi connectivity index (χ0) is 11.9. The van der Waals surface area contributed by atoms with Crippen LogP contribution >= 0.6 is 23.2 Å². The second-order valence-corrected chi connectivity index (χ2v) is 5.47. The highest BCUT2D eigenvalue weighted by Crippen LogP contribution is 2.60. The molecule has 0 aromatic carbocycles. The molecule has 2 unspecified atom stereocenters. The minimum Gasteiger partial charge on any atom is -0.272 e. The van der Waals surface area contributed by atoms with E-state index in [-0.39, 0.29) is 27.6 Å². The molecule has 16 heavy (non-hydrogen) atoms. The molecule has 86 valence electrons. The number of nitrogens with zero attached hydrogens (tertiary/aromatic N) is 3. The van der Waals surface area contributed by atoms with Crippen LogP contribution in [0, 0.1) is 17.3 Å². The predicted octanol–water partition coefficient (Wildman–Crippen LogP) is 2.51. The summed E-state index contributed by atoms with van der Waals surface area (Å²) in [4.78, 5) is 15.8. The Hall–Kier alpha value is -0.870. The van der Waals surface area contributed by atoms with Crippen LogP contribution in [0.3, 0.4) is 0 Å². The average Bonchev–Trinajstić information content (AvgIpc) is 2.63. The van der Waals surface area contributed by atoms with Gasteiger partial charge in [0.25, 0.3) is 5.91 Å². The van der Waals surface area contributed by atoms with Gasteiger partial charge in [-0.1, -0.05) is 37.0 Å². The summed E-state index contributed by atoms with van der Waals surface area (Å²) < 4.78 is 1.45. The number of hydrogen-bond donors (Lipinski definition) is 0. The van der Waals surface area contributed by atoms with Gasteiger partial charge in [0.2, 0.25) is 0 Å². The summed E-state index contributed by atoms with van der Waals surface area (Å²) in [5, 5.41) is 3.83. The second-order valence-electron chi connectivity index (χ2n) is 4.46. The zero-order valence-electron chi connectivity index (χ0n) is 8.89. The molecule has 0 aliphatic heterocycles. The fourth-order valence-corrected chi connectivity index (χ4v) is 2.33. The lowest BCUT2D eigenvalue weighted by Crippen LogP contribution is -2.16. The van der Waals surface area contributed by atoms with E-state index in [1.807, 2.05) is 13.8 Å². The van der Waals surface area contributed by atoms with Gasteiger partial charge in [0, 0.05) is 0 Å². The lowest BCUT2D eigenvalue weighted by atomic mass is 10.1. The maximum absolute atomic E-state index is 12.0. The third-order valence-electron chi connectivity index (χ3n) is 3.13. The largest absolute Gasteiger partial charge is 0.272 e. The van der Waals surface area contributed by atoms with E-state index < -0.39 is 0 Å². The van der Waals surface area contributed by atoms with Crippen LogP contribution in [0.25, 0.3) is 0 Å². The fraction of sp³-hybridized carbons (Fsp3) is 0.500. The van der Waals surface area contributed by atoms with Crippen LogP contribution in [0.5, 0.6) is 0 Å². The Morgan fingerprint density at radius 1 is 1.50 bits per heavy atom. The third kappa shape index (κ3) is 1.87. The quantitative estimate of drug-likeness (QED) is 0.820. The molecule has 0 radical (unpaired) electrons. The highest BCUT2D eigenvalue weighted by atomic mass is 35.5. The molecule has 2 rings (SSSR count). The van der Waals surface area contributed by atoms with Crippen molar-refractivity contribution in [3.8, 4) is 0 Å². The highest BCUT2D eigenvalue weighted by molar-refractivity contribution is 6.55. The predicted molar refractivity (Wildman–Crippen MR) is 61.2 cm³/mol. The zero-order valence-corrected chi connectivity index (χ0v) is 10.4. The molecule has 0 saturated heterocycles. The summed E-state index contributed by atoms with van der Waals surface area (Å²) in [6, 6.07) is 0. The number of hydrogen-bond acceptors (Lipinski definition) is 3. The molecule has 0 amide bonds. The van der Waals surface area contributed by atoms with Crippen molar-refractivity contribution >= 4 is 29.1 Å². The Morgan fingerprint density at radius 2 is 2.19 bits per heavy atom. The van der Waals surface area contributed by atoms with Gasteiger partial charge in [-0.05, 0) is 17.4 Å². The minimum absolute atomic E-state index is 0.0641. The third-order valence-corrected chi connectivity index (χ3v) is 3.38. The molecule has 0 N–H and O–H groups in total. The van der Waals surface area contributed by atoms with Crippen molar-refractivity contribution in [1.29, 1.82) is 0 Å². The van der Waals surface area contributed by atoms with Gasteiger partial charge in [-0.3, -0.25) is 4.79 Å². The van der Waals surface area contributed by atoms with Crippen molar-refractivity contribution in [2.75, 3.05) is 0 Å². The second kappa shape index (κ2) is 3.86. The normalized spacial score (nSPS) is 26.2. The summed E-state index contributed by atoms with van der Waals surface area (Å²) in [6.07, 6.45) is 4.45. The molecule has 2 atom stereocenters. The highest BCUT2D eigenvalue weighted by Gasteiger charge is 2.61. The van der Waals surface area contributed by atoms with Crippen LogP contribution in [0.15, 0.2) is 23.2 Å². The molecule has 1 aliphatic carbocycles. The van der Waals surface area contributed by atoms with Crippen molar-refractivity contribution in [2.45, 2.75) is 13.8 Å². The number of allylic oxidation sites excluding steroid dienone is 1. The molecule has 1 aromatic rings. The van der Waals surface area contributed by atoms with Crippen molar-refractivity contribution in [1.82, 2.24) is 14.8 Å². The summed E-state index contributed by atoms with van der Waals surface area (Å²) in [7, 11) is 0. The summed E-state index contributed by atoms with van der Waals surface area (Å²) in [5.74, 6) is -0.144. The first kappa shape index (κ1) is 11.6. The van der Waals surface area contributed by atoms with Gasteiger partial charge in [-0.2, -0.15) is 9.78 Å². The van der Waals surface area contributed by atoms with E-state index in [1.54, 1.807) is 6.08 Å². The van der Waals surface area contributed by atoms with Gasteiger partial charge >= 0.3 is 0 Å². The Morgan fingerprint density at radius 3 is 2.69 bits per heavy atom. The number of aromatic nitrogens is 3. The maximum atomic E-state index is 12.0. The molecular weight excluding hydrogens is 249 g/mol. The van der Waals surface area contributed by atoms with Crippen LogP contribution in [-0.2, 0) is 0 Å². The van der Waals surface area contributed by atoms with Crippen molar-refractivity contribution in [3.63, 3.8) is 0 Å². The van der Waals surface area contributed by atoms with Crippen LogP contribution in [0.1, 0.15) is 18.6 Å². The van der Waals surface area contributed by atoms with Gasteiger partial charge in [-0.15, -0.1) is 0 Å². The smallest absolute Gasteiger partial charge is 0.252 e. The molecule has 1 saturated carbocycles. The Balaban J connectivity index is 2.19. The SMILES string of the molecule is CC1(C)C(C=C(Cl)Cl)C1C(=O)n1cncn1. The Kier molecular flexibility index (Phi) is 2.80. The standard InChI is InChI=1S/C10H11Cl2N3O/c1-10(2)6(3-7(11)12)8(10)9(16)15-5-13-4-14-15/h3-6,8H,1-2H3. The van der Waals surface area contributed by atoms with Gasteiger partial charge in [0.05, 0.1) is 5.92 Å². The van der Waals surface area contributed by atoms with Crippen molar-refractivity contribution in [2.24, 2.45) is 17.3 Å². The average molecular weight is 260 g/mol. The van der Waals surface area contributed by atoms with Crippen molar-refractivity contribution < 1.29 is 4.79 Å². The molecule has 1 aliphatic rings. The van der Waals surface area contributed by atoms with Crippen molar-refractivity contribution in [3.05, 3.63) is 23.2 Å². The first-order valence-corrected chi connectivity index (χ1v) is 5.62. The lowest BCUT2D eigenvalue weighted by molar-refractivity contribution is 0.0851. The molecule has 4 nitrogen and oxygen atoms in total. The number of carbonyl (C=O) groups excluding carboxylic acids is 1. The summed E-state index contributed by atoms with van der Waals surface area (Å²) in [5.41, 5.74) is -0.127. The Bertz CT molecular complexity index is 435. The minimum atomic E-state index is -0.137. The molecule has 1 fully saturated rings. The van der Waals surface area contributed by atoms with Gasteiger partial charge in [0.15, 0.2) is 0 Å². The Labute approximate surface area is 103 Å². The molecular formula is C10H11Cl2N3O. The van der Waals surface area contributed by atoms with Gasteiger partial charge in [0.1, 0.15) is 17.1 Å². The van der Waals surface area contributed by atoms with E-state index >= 15 is 0 Å². The van der Waals surface area contributed by atoms with Gasteiger partial charge < -0.3 is 0 Å². The molecule has 1 aromatic heterocycles. The number of halogens is 2. The van der Waals surface area contributed by atoms with E-state index in [2.05, 4.69) is 10.1 Å². The molecule has 6 heteroatoms. The van der Waals surface area contributed by atoms with Crippen LogP contribution in [0.4, 0.5) is 0 Å². The summed E-state index contributed by atoms with van der Waals surface area (Å²) in [6.45, 7) is 4.01. The van der Waals surface area contributed by atoms with E-state index in [4.69, 9.17) is 23.2 Å². The first-order valence-electron chi connectivity index (χ1n) is 4.86. The molecule has 0 bridgehead atoms. The van der Waals surface area contributed by atoms with Gasteiger partial charge in [-0.25, -0.2) is 4.98 Å². The van der Waals surface area contributed by atoms with Crippen LogP contribution in [0.2, 0.25) is 0 Å². The van der Waals surface area contributed by atoms with E-state index in [9.17, 15) is 4.79 Å². The first-order chi connectivity index (χ1) is 7.44. The number of rotatable bonds is 2. The molecule has 1 heterocycles. The van der Waals surface area contributed by atoms with Crippen LogP contribution < -0.4 is 0 Å². The topological polar surface area (TPSA) is 47.8 Å². The van der Waals surface area contributed by atoms with E-state index in [0.717, 1.165) is 0 Å². The lowest BCUT2D eigenvalue weighted by Gasteiger charge is -2.00. The van der Waals surface area contributed by atoms with Crippen LogP contribution in [-0.4, -0.2) is 20.7 Å². The fourth-order valence-electron chi connectivity index (χ4n) is 2.06. The molecule has 0 spiro atoms. The maximum Gasteiger partial charge on any atom is 0.252 e. The number of carbonyl (C=O) groups is 1. The van der Waals surface area contributed by atoms with E-state index in [1.165, 1.54) is 17.3 Å². The summed E-state index contributed by atoms with van der Waals surface area (Å²) >= 11 is 11.2. The van der Waals surface area contributed by atoms with E-state index in [0.29, 0.717) is 0 Å². The monoisotopic (exact) mass is 259 g/mol.